The number of hydrogen-bond donors (Lipinski definition) is 0. The van der Waals surface area contributed by atoms with Gasteiger partial charge in [-0.2, -0.15) is 0 Å². The molecular formula is C80H78N4. The van der Waals surface area contributed by atoms with Crippen molar-refractivity contribution in [3.05, 3.63) is 277 Å². The first-order valence-electron chi connectivity index (χ1n) is 29.8. The van der Waals surface area contributed by atoms with Crippen LogP contribution in [0, 0.1) is 0 Å². The molecule has 418 valence electrons. The van der Waals surface area contributed by atoms with Crippen LogP contribution in [0.15, 0.2) is 255 Å². The van der Waals surface area contributed by atoms with Crippen LogP contribution in [0.4, 0.5) is 68.2 Å². The van der Waals surface area contributed by atoms with E-state index < -0.39 is 0 Å². The van der Waals surface area contributed by atoms with Crippen LogP contribution >= 0.6 is 0 Å². The average Bonchev–Trinajstić information content (AvgIpc) is 0.949. The second kappa shape index (κ2) is 21.6. The molecule has 84 heavy (non-hydrogen) atoms. The smallest absolute Gasteiger partial charge is 0.0561 e. The van der Waals surface area contributed by atoms with Gasteiger partial charge < -0.3 is 19.6 Å². The third kappa shape index (κ3) is 10.6. The largest absolute Gasteiger partial charge is 0.310 e. The molecule has 0 atom stereocenters. The summed E-state index contributed by atoms with van der Waals surface area (Å²) >= 11 is 0. The molecule has 0 fully saturated rings. The lowest BCUT2D eigenvalue weighted by molar-refractivity contribution is 0.590. The lowest BCUT2D eigenvalue weighted by atomic mass is 9.86. The maximum absolute atomic E-state index is 2.48. The fourth-order valence-corrected chi connectivity index (χ4v) is 12.1. The van der Waals surface area contributed by atoms with Gasteiger partial charge in [-0.25, -0.2) is 0 Å². The van der Waals surface area contributed by atoms with Crippen molar-refractivity contribution in [2.75, 3.05) is 19.6 Å². The van der Waals surface area contributed by atoms with Gasteiger partial charge in [0.25, 0.3) is 0 Å². The second-order valence-electron chi connectivity index (χ2n) is 26.8. The summed E-state index contributed by atoms with van der Waals surface area (Å²) < 4.78 is 0. The first-order chi connectivity index (χ1) is 40.2. The molecule has 0 N–H and O–H groups in total. The minimum absolute atomic E-state index is 0.0189. The number of benzene rings is 12. The molecule has 0 aromatic heterocycles. The van der Waals surface area contributed by atoms with Crippen LogP contribution in [-0.2, 0) is 21.7 Å². The summed E-state index contributed by atoms with van der Waals surface area (Å²) in [6, 6.07) is 95.2. The van der Waals surface area contributed by atoms with Crippen LogP contribution in [0.2, 0.25) is 0 Å². The van der Waals surface area contributed by atoms with Crippen LogP contribution in [-0.4, -0.2) is 0 Å². The molecule has 0 radical (unpaired) electrons. The molecule has 4 heteroatoms. The van der Waals surface area contributed by atoms with E-state index >= 15 is 0 Å². The van der Waals surface area contributed by atoms with Gasteiger partial charge in [-0.1, -0.05) is 229 Å². The molecule has 0 saturated carbocycles. The van der Waals surface area contributed by atoms with Gasteiger partial charge in [-0.15, -0.1) is 0 Å². The fourth-order valence-electron chi connectivity index (χ4n) is 12.1. The van der Waals surface area contributed by atoms with Gasteiger partial charge in [-0.3, -0.25) is 0 Å². The predicted octanol–water partition coefficient (Wildman–Crippen LogP) is 23.7. The Kier molecular flexibility index (Phi) is 14.2. The van der Waals surface area contributed by atoms with Crippen LogP contribution in [0.25, 0.3) is 32.3 Å². The summed E-state index contributed by atoms with van der Waals surface area (Å²) in [5.41, 5.74) is 18.0. The number of anilines is 12. The highest BCUT2D eigenvalue weighted by Gasteiger charge is 2.30. The Morgan fingerprint density at radius 3 is 0.524 bits per heavy atom. The molecule has 12 aromatic rings. The Morgan fingerprint density at radius 2 is 0.357 bits per heavy atom. The standard InChI is InChI=1S/C80H78N4/c1-77(2,3)55-33-41-63(42-34-55)81(59-25-17-13-18-26-59)71-53-72(82(60-27-19-14-20-28-60)64-43-35-56(36-44-64)78(4,5)6)68-51-52-70-74(84(62-31-23-16-24-32-62)66-47-39-58(40-48-66)80(10,11)12)54-73(69-50-49-67(71)75(68)76(69)70)83(61-29-21-15-22-30-61)65-45-37-57(38-46-65)79(7,8)9/h13-54H,1-12H3. The van der Waals surface area contributed by atoms with Crippen molar-refractivity contribution in [2.45, 2.75) is 105 Å². The van der Waals surface area contributed by atoms with Gasteiger partial charge in [0.1, 0.15) is 0 Å². The number of para-hydroxylation sites is 4. The summed E-state index contributed by atoms with van der Waals surface area (Å²) in [5.74, 6) is 0. The molecule has 12 aromatic carbocycles. The molecule has 0 amide bonds. The van der Waals surface area contributed by atoms with Crippen molar-refractivity contribution in [3.63, 3.8) is 0 Å². The normalized spacial score (nSPS) is 12.3. The van der Waals surface area contributed by atoms with E-state index in [1.165, 1.54) is 33.0 Å². The van der Waals surface area contributed by atoms with Crippen molar-refractivity contribution < 1.29 is 0 Å². The molecule has 12 rings (SSSR count). The van der Waals surface area contributed by atoms with Crippen LogP contribution in [0.1, 0.15) is 105 Å². The van der Waals surface area contributed by atoms with E-state index in [0.29, 0.717) is 0 Å². The second-order valence-corrected chi connectivity index (χ2v) is 26.8. The zero-order valence-electron chi connectivity index (χ0n) is 51.0. The highest BCUT2D eigenvalue weighted by molar-refractivity contribution is 6.33. The molecule has 4 nitrogen and oxygen atoms in total. The Labute approximate surface area is 499 Å². The monoisotopic (exact) mass is 1090 g/mol. The quantitative estimate of drug-likeness (QED) is 0.113. The van der Waals surface area contributed by atoms with E-state index in [4.69, 9.17) is 0 Å². The predicted molar refractivity (Wildman–Crippen MR) is 364 cm³/mol. The number of hydrogen-bond acceptors (Lipinski definition) is 4. The highest BCUT2D eigenvalue weighted by atomic mass is 15.2. The Hall–Kier alpha value is -9.12. The van der Waals surface area contributed by atoms with Gasteiger partial charge in [0.2, 0.25) is 0 Å². The molecule has 0 bridgehead atoms. The molecule has 0 aliphatic carbocycles. The molecule has 0 saturated heterocycles. The van der Waals surface area contributed by atoms with E-state index in [2.05, 4.69) is 357 Å². The van der Waals surface area contributed by atoms with Crippen molar-refractivity contribution >= 4 is 101 Å². The van der Waals surface area contributed by atoms with Crippen LogP contribution in [0.3, 0.4) is 0 Å². The summed E-state index contributed by atoms with van der Waals surface area (Å²) in [5, 5.41) is 6.97. The Morgan fingerprint density at radius 1 is 0.190 bits per heavy atom. The average molecular weight is 1100 g/mol. The van der Waals surface area contributed by atoms with Crippen molar-refractivity contribution in [3.8, 4) is 0 Å². The minimum Gasteiger partial charge on any atom is -0.310 e. The molecule has 0 unspecified atom stereocenters. The van der Waals surface area contributed by atoms with E-state index in [0.717, 1.165) is 89.8 Å². The fraction of sp³-hybridized carbons (Fsp3) is 0.200. The third-order valence-electron chi connectivity index (χ3n) is 16.8. The molecule has 0 aliphatic heterocycles. The number of rotatable bonds is 12. The van der Waals surface area contributed by atoms with Gasteiger partial charge in [0, 0.05) is 77.8 Å². The Bertz CT molecular complexity index is 3670. The van der Waals surface area contributed by atoms with Crippen molar-refractivity contribution in [2.24, 2.45) is 0 Å². The SMILES string of the molecule is CC(C)(C)c1ccc(N(c2ccccc2)c2cc(N(c3ccccc3)c3ccc(C(C)(C)C)cc3)c3ccc4c(N(c5ccccc5)c5ccc(C(C)(C)C)cc5)cc(N(c5ccccc5)c5ccc(C(C)(C)C)cc5)c5ccc2c3c54)cc1. The van der Waals surface area contributed by atoms with E-state index in [-0.39, 0.29) is 21.7 Å². The lowest BCUT2D eigenvalue weighted by Gasteiger charge is -2.35. The zero-order chi connectivity index (χ0) is 58.7. The molecule has 0 heterocycles. The third-order valence-corrected chi connectivity index (χ3v) is 16.8. The Balaban J connectivity index is 1.27. The van der Waals surface area contributed by atoms with Gasteiger partial charge in [-0.05, 0) is 153 Å². The van der Waals surface area contributed by atoms with Gasteiger partial charge >= 0.3 is 0 Å². The van der Waals surface area contributed by atoms with Crippen LogP contribution in [0.5, 0.6) is 0 Å². The first-order valence-corrected chi connectivity index (χ1v) is 29.8. The molecular weight excluding hydrogens is 1020 g/mol. The van der Waals surface area contributed by atoms with Crippen LogP contribution < -0.4 is 19.6 Å². The van der Waals surface area contributed by atoms with E-state index in [1.54, 1.807) is 0 Å². The molecule has 0 aliphatic rings. The maximum Gasteiger partial charge on any atom is 0.0561 e. The zero-order valence-corrected chi connectivity index (χ0v) is 51.0. The van der Waals surface area contributed by atoms with Gasteiger partial charge in [0.15, 0.2) is 0 Å². The topological polar surface area (TPSA) is 13.0 Å². The van der Waals surface area contributed by atoms with Crippen molar-refractivity contribution in [1.82, 2.24) is 0 Å². The summed E-state index contributed by atoms with van der Waals surface area (Å²) in [6.45, 7) is 27.5. The van der Waals surface area contributed by atoms with Gasteiger partial charge in [0.05, 0.1) is 22.7 Å². The van der Waals surface area contributed by atoms with E-state index in [9.17, 15) is 0 Å². The molecule has 0 spiro atoms. The summed E-state index contributed by atoms with van der Waals surface area (Å²) in [6.07, 6.45) is 0. The summed E-state index contributed by atoms with van der Waals surface area (Å²) in [4.78, 5) is 9.93. The van der Waals surface area contributed by atoms with Crippen molar-refractivity contribution in [1.29, 1.82) is 0 Å². The maximum atomic E-state index is 2.48. The minimum atomic E-state index is -0.0189. The highest BCUT2D eigenvalue weighted by Crippen LogP contribution is 2.55. The lowest BCUT2D eigenvalue weighted by Crippen LogP contribution is -2.17. The summed E-state index contributed by atoms with van der Waals surface area (Å²) in [7, 11) is 0. The first kappa shape index (κ1) is 55.4. The number of nitrogens with zero attached hydrogens (tertiary/aromatic N) is 4. The van der Waals surface area contributed by atoms with E-state index in [1.807, 2.05) is 0 Å².